The molecule has 120 valence electrons. The van der Waals surface area contributed by atoms with Crippen molar-refractivity contribution in [1.82, 2.24) is 0 Å². The van der Waals surface area contributed by atoms with Gasteiger partial charge in [-0.2, -0.15) is 0 Å². The normalized spacial score (nSPS) is 59.4. The fourth-order valence-electron chi connectivity index (χ4n) is 5.14. The van der Waals surface area contributed by atoms with Crippen LogP contribution in [0.1, 0.15) is 46.5 Å². The average Bonchev–Trinajstić information content (AvgIpc) is 2.69. The van der Waals surface area contributed by atoms with Crippen LogP contribution in [0.4, 0.5) is 0 Å². The van der Waals surface area contributed by atoms with Crippen molar-refractivity contribution in [2.45, 2.75) is 69.6 Å². The number of thioether (sulfide) groups is 1. The standard InChI is InChI=1S/C16H26O4S/c1-9-5-6-12-10(2)13(21-4)17-14-16(12)11(9)7-8-15(3,18-14)19-20-16/h9-14H,5-8H2,1-4H3/t9-,10-,11+,12+,13-,14-,15-,16-/m1/s1. The molecule has 8 atom stereocenters. The van der Waals surface area contributed by atoms with Crippen molar-refractivity contribution >= 4 is 11.8 Å². The molecule has 5 heteroatoms. The molecule has 0 unspecified atom stereocenters. The molecule has 5 aliphatic rings. The van der Waals surface area contributed by atoms with Crippen LogP contribution in [-0.4, -0.2) is 29.4 Å². The average molecular weight is 314 g/mol. The predicted octanol–water partition coefficient (Wildman–Crippen LogP) is 3.56. The Morgan fingerprint density at radius 3 is 2.62 bits per heavy atom. The summed E-state index contributed by atoms with van der Waals surface area (Å²) in [5, 5.41) is 0. The van der Waals surface area contributed by atoms with Gasteiger partial charge in [-0.15, -0.1) is 11.8 Å². The smallest absolute Gasteiger partial charge is 0.201 e. The van der Waals surface area contributed by atoms with Gasteiger partial charge in [0, 0.05) is 12.3 Å². The van der Waals surface area contributed by atoms with Crippen molar-refractivity contribution < 1.29 is 19.2 Å². The Morgan fingerprint density at radius 1 is 1.05 bits per heavy atom. The number of fused-ring (bicyclic) bond motifs is 2. The number of hydrogen-bond acceptors (Lipinski definition) is 5. The zero-order valence-corrected chi connectivity index (χ0v) is 14.2. The Hall–Kier alpha value is 0.190. The fourth-order valence-corrected chi connectivity index (χ4v) is 5.97. The highest BCUT2D eigenvalue weighted by molar-refractivity contribution is 7.99. The van der Waals surface area contributed by atoms with Crippen LogP contribution >= 0.6 is 11.8 Å². The molecule has 2 bridgehead atoms. The zero-order chi connectivity index (χ0) is 14.8. The lowest BCUT2D eigenvalue weighted by molar-refractivity contribution is -0.568. The van der Waals surface area contributed by atoms with E-state index in [1.165, 1.54) is 12.8 Å². The summed E-state index contributed by atoms with van der Waals surface area (Å²) in [5.41, 5.74) is -0.217. The molecule has 0 amide bonds. The van der Waals surface area contributed by atoms with Crippen molar-refractivity contribution in [2.24, 2.45) is 23.7 Å². The summed E-state index contributed by atoms with van der Waals surface area (Å²) >= 11 is 1.79. The summed E-state index contributed by atoms with van der Waals surface area (Å²) in [7, 11) is 0. The third-order valence-corrected chi connectivity index (χ3v) is 7.33. The highest BCUT2D eigenvalue weighted by atomic mass is 32.2. The first-order valence-corrected chi connectivity index (χ1v) is 9.52. The van der Waals surface area contributed by atoms with Gasteiger partial charge in [0.2, 0.25) is 5.79 Å². The summed E-state index contributed by atoms with van der Waals surface area (Å²) in [5.74, 6) is 1.37. The van der Waals surface area contributed by atoms with Crippen molar-refractivity contribution in [3.8, 4) is 0 Å². The first kappa shape index (κ1) is 14.8. The van der Waals surface area contributed by atoms with E-state index in [1.54, 1.807) is 11.8 Å². The zero-order valence-electron chi connectivity index (χ0n) is 13.3. The second kappa shape index (κ2) is 4.84. The molecule has 1 saturated carbocycles. The summed E-state index contributed by atoms with van der Waals surface area (Å²) in [6.45, 7) is 6.63. The fraction of sp³-hybridized carbons (Fsp3) is 1.00. The molecule has 5 rings (SSSR count). The van der Waals surface area contributed by atoms with E-state index in [9.17, 15) is 0 Å². The van der Waals surface area contributed by atoms with Crippen molar-refractivity contribution in [2.75, 3.05) is 6.26 Å². The largest absolute Gasteiger partial charge is 0.335 e. The van der Waals surface area contributed by atoms with E-state index < -0.39 is 11.4 Å². The van der Waals surface area contributed by atoms with Gasteiger partial charge >= 0.3 is 0 Å². The molecular formula is C16H26O4S. The number of ether oxygens (including phenoxy) is 2. The van der Waals surface area contributed by atoms with Crippen LogP contribution in [0.5, 0.6) is 0 Å². The van der Waals surface area contributed by atoms with Gasteiger partial charge in [0.25, 0.3) is 0 Å². The summed E-state index contributed by atoms with van der Waals surface area (Å²) in [6, 6.07) is 0. The first-order valence-electron chi connectivity index (χ1n) is 8.23. The minimum Gasteiger partial charge on any atom is -0.335 e. The van der Waals surface area contributed by atoms with Gasteiger partial charge in [-0.05, 0) is 50.2 Å². The quantitative estimate of drug-likeness (QED) is 0.692. The number of rotatable bonds is 1. The molecule has 4 nitrogen and oxygen atoms in total. The first-order chi connectivity index (χ1) is 10.00. The minimum atomic E-state index is -0.652. The monoisotopic (exact) mass is 314 g/mol. The molecule has 0 aromatic heterocycles. The summed E-state index contributed by atoms with van der Waals surface area (Å²) in [4.78, 5) is 11.9. The van der Waals surface area contributed by atoms with Crippen molar-refractivity contribution in [1.29, 1.82) is 0 Å². The second-order valence-corrected chi connectivity index (χ2v) is 8.45. The molecular weight excluding hydrogens is 288 g/mol. The van der Waals surface area contributed by atoms with Crippen LogP contribution < -0.4 is 0 Å². The molecule has 21 heavy (non-hydrogen) atoms. The van der Waals surface area contributed by atoms with E-state index >= 15 is 0 Å². The van der Waals surface area contributed by atoms with Gasteiger partial charge in [0.1, 0.15) is 5.44 Å². The maximum absolute atomic E-state index is 6.34. The predicted molar refractivity (Wildman–Crippen MR) is 80.3 cm³/mol. The summed E-state index contributed by atoms with van der Waals surface area (Å²) < 4.78 is 12.6. The van der Waals surface area contributed by atoms with E-state index in [4.69, 9.17) is 19.2 Å². The van der Waals surface area contributed by atoms with E-state index in [0.717, 1.165) is 12.8 Å². The lowest BCUT2D eigenvalue weighted by atomic mass is 9.58. The maximum atomic E-state index is 6.34. The molecule has 0 aromatic carbocycles. The van der Waals surface area contributed by atoms with Gasteiger partial charge in [0.05, 0.1) is 0 Å². The van der Waals surface area contributed by atoms with Crippen LogP contribution in [0.3, 0.4) is 0 Å². The van der Waals surface area contributed by atoms with Crippen LogP contribution in [0.2, 0.25) is 0 Å². The molecule has 1 aliphatic carbocycles. The van der Waals surface area contributed by atoms with E-state index in [-0.39, 0.29) is 11.7 Å². The second-order valence-electron chi connectivity index (χ2n) is 7.51. The number of hydrogen-bond donors (Lipinski definition) is 0. The van der Waals surface area contributed by atoms with Gasteiger partial charge in [-0.1, -0.05) is 13.8 Å². The Bertz CT molecular complexity index is 433. The lowest BCUT2D eigenvalue weighted by Gasteiger charge is -2.60. The highest BCUT2D eigenvalue weighted by Crippen LogP contribution is 2.61. The molecule has 0 aromatic rings. The van der Waals surface area contributed by atoms with Gasteiger partial charge in [-0.25, -0.2) is 9.78 Å². The van der Waals surface area contributed by atoms with E-state index in [1.807, 2.05) is 6.92 Å². The molecule has 4 saturated heterocycles. The van der Waals surface area contributed by atoms with E-state index in [2.05, 4.69) is 20.1 Å². The Balaban J connectivity index is 1.79. The molecule has 0 radical (unpaired) electrons. The van der Waals surface area contributed by atoms with Crippen LogP contribution in [0.25, 0.3) is 0 Å². The van der Waals surface area contributed by atoms with Crippen molar-refractivity contribution in [3.63, 3.8) is 0 Å². The highest BCUT2D eigenvalue weighted by Gasteiger charge is 2.69. The van der Waals surface area contributed by atoms with Crippen LogP contribution in [0.15, 0.2) is 0 Å². The maximum Gasteiger partial charge on any atom is 0.201 e. The molecule has 0 N–H and O–H groups in total. The summed E-state index contributed by atoms with van der Waals surface area (Å²) in [6.07, 6.45) is 6.27. The Labute approximate surface area is 131 Å². The SMILES string of the molecule is CS[C@H]1O[C@@H]2O[C@@]3(C)CC[C@H]4[C@H](C)CC[C@@H]([C@H]1C)[C@@]24OO3. The third-order valence-electron chi connectivity index (χ3n) is 6.33. The Morgan fingerprint density at radius 2 is 1.86 bits per heavy atom. The van der Waals surface area contributed by atoms with Gasteiger partial charge < -0.3 is 9.47 Å². The van der Waals surface area contributed by atoms with Crippen molar-refractivity contribution in [3.05, 3.63) is 0 Å². The minimum absolute atomic E-state index is 0.186. The van der Waals surface area contributed by atoms with Gasteiger partial charge in [0.15, 0.2) is 11.9 Å². The molecule has 1 spiro atoms. The third kappa shape index (κ3) is 1.91. The van der Waals surface area contributed by atoms with E-state index in [0.29, 0.717) is 23.7 Å². The van der Waals surface area contributed by atoms with Crippen LogP contribution in [0, 0.1) is 23.7 Å². The Kier molecular flexibility index (Phi) is 3.40. The van der Waals surface area contributed by atoms with Gasteiger partial charge in [-0.3, -0.25) is 0 Å². The topological polar surface area (TPSA) is 36.9 Å². The molecule has 4 aliphatic heterocycles. The molecule has 5 fully saturated rings. The van der Waals surface area contributed by atoms with Crippen LogP contribution in [-0.2, 0) is 19.2 Å². The molecule has 4 heterocycles. The lowest BCUT2D eigenvalue weighted by Crippen LogP contribution is -2.70.